The summed E-state index contributed by atoms with van der Waals surface area (Å²) in [6.45, 7) is 1.56. The molecule has 0 radical (unpaired) electrons. The van der Waals surface area contributed by atoms with Crippen LogP contribution >= 0.6 is 0 Å². The number of anilines is 1. The minimum Gasteiger partial charge on any atom is -0.354 e. The standard InChI is InChI=1S/C17H16N4O5S/c1-10-3-5-13(21(23)24)9-16(10)27(25,26)20-12-4-6-14-11(7-12)8-15(19-14)17(22)18-2/h3-9,19-20H,1-2H3,(H,18,22). The van der Waals surface area contributed by atoms with E-state index < -0.39 is 14.9 Å². The van der Waals surface area contributed by atoms with E-state index in [0.29, 0.717) is 22.2 Å². The smallest absolute Gasteiger partial charge is 0.270 e. The Morgan fingerprint density at radius 2 is 1.89 bits per heavy atom. The molecule has 0 spiro atoms. The summed E-state index contributed by atoms with van der Waals surface area (Å²) in [5.41, 5.74) is 1.37. The molecule has 3 rings (SSSR count). The summed E-state index contributed by atoms with van der Waals surface area (Å²) in [5, 5.41) is 14.1. The second-order valence-electron chi connectivity index (χ2n) is 5.88. The van der Waals surface area contributed by atoms with E-state index in [0.717, 1.165) is 6.07 Å². The number of rotatable bonds is 5. The van der Waals surface area contributed by atoms with E-state index in [9.17, 15) is 23.3 Å². The van der Waals surface area contributed by atoms with Gasteiger partial charge in [-0.15, -0.1) is 0 Å². The Morgan fingerprint density at radius 3 is 2.56 bits per heavy atom. The number of nitro groups is 1. The van der Waals surface area contributed by atoms with Gasteiger partial charge in [0.05, 0.1) is 9.82 Å². The third-order valence-corrected chi connectivity index (χ3v) is 5.54. The lowest BCUT2D eigenvalue weighted by molar-refractivity contribution is -0.385. The number of fused-ring (bicyclic) bond motifs is 1. The van der Waals surface area contributed by atoms with Crippen molar-refractivity contribution < 1.29 is 18.1 Å². The predicted molar refractivity (Wildman–Crippen MR) is 100 cm³/mol. The summed E-state index contributed by atoms with van der Waals surface area (Å²) in [6.07, 6.45) is 0. The summed E-state index contributed by atoms with van der Waals surface area (Å²) in [7, 11) is -2.52. The van der Waals surface area contributed by atoms with Crippen molar-refractivity contribution in [3.63, 3.8) is 0 Å². The van der Waals surface area contributed by atoms with E-state index in [2.05, 4.69) is 15.0 Å². The number of benzene rings is 2. The molecule has 0 saturated carbocycles. The molecule has 27 heavy (non-hydrogen) atoms. The molecule has 10 heteroatoms. The Hall–Kier alpha value is -3.40. The molecule has 0 saturated heterocycles. The van der Waals surface area contributed by atoms with Crippen molar-refractivity contribution in [3.05, 3.63) is 63.8 Å². The van der Waals surface area contributed by atoms with Crippen LogP contribution in [0.5, 0.6) is 0 Å². The normalized spacial score (nSPS) is 11.3. The fourth-order valence-electron chi connectivity index (χ4n) is 2.66. The summed E-state index contributed by atoms with van der Waals surface area (Å²) in [5.74, 6) is -0.291. The molecule has 1 heterocycles. The number of non-ortho nitro benzene ring substituents is 1. The molecular weight excluding hydrogens is 372 g/mol. The number of nitrogens with one attached hydrogen (secondary N) is 3. The summed E-state index contributed by atoms with van der Waals surface area (Å²) >= 11 is 0. The maximum atomic E-state index is 12.7. The molecule has 3 aromatic rings. The lowest BCUT2D eigenvalue weighted by Crippen LogP contribution is -2.17. The third-order valence-electron chi connectivity index (χ3n) is 4.02. The van der Waals surface area contributed by atoms with Gasteiger partial charge in [-0.2, -0.15) is 0 Å². The zero-order valence-electron chi connectivity index (χ0n) is 14.4. The maximum Gasteiger partial charge on any atom is 0.270 e. The van der Waals surface area contributed by atoms with Crippen LogP contribution in [0.25, 0.3) is 10.9 Å². The van der Waals surface area contributed by atoms with Crippen molar-refractivity contribution in [1.82, 2.24) is 10.3 Å². The Morgan fingerprint density at radius 1 is 1.15 bits per heavy atom. The fraction of sp³-hybridized carbons (Fsp3) is 0.118. The average Bonchev–Trinajstić information content (AvgIpc) is 3.04. The van der Waals surface area contributed by atoms with Gasteiger partial charge in [0.2, 0.25) is 0 Å². The predicted octanol–water partition coefficient (Wildman–Crippen LogP) is 2.54. The van der Waals surface area contributed by atoms with Gasteiger partial charge in [0, 0.05) is 35.8 Å². The number of carbonyl (C=O) groups is 1. The fourth-order valence-corrected chi connectivity index (χ4v) is 3.97. The Balaban J connectivity index is 1.97. The Kier molecular flexibility index (Phi) is 4.58. The molecule has 0 aliphatic rings. The van der Waals surface area contributed by atoms with Crippen molar-refractivity contribution in [2.45, 2.75) is 11.8 Å². The second kappa shape index (κ2) is 6.72. The molecular formula is C17H16N4O5S. The van der Waals surface area contributed by atoms with Crippen LogP contribution in [-0.2, 0) is 10.0 Å². The van der Waals surface area contributed by atoms with Crippen LogP contribution in [-0.4, -0.2) is 31.3 Å². The SMILES string of the molecule is CNC(=O)c1cc2cc(NS(=O)(=O)c3cc([N+](=O)[O-])ccc3C)ccc2[nH]1. The molecule has 1 aromatic heterocycles. The first kappa shape index (κ1) is 18.4. The zero-order valence-corrected chi connectivity index (χ0v) is 15.3. The van der Waals surface area contributed by atoms with E-state index in [-0.39, 0.29) is 22.2 Å². The number of nitro benzene ring substituents is 1. The van der Waals surface area contributed by atoms with E-state index in [1.807, 2.05) is 0 Å². The molecule has 0 atom stereocenters. The van der Waals surface area contributed by atoms with Gasteiger partial charge in [0.25, 0.3) is 21.6 Å². The number of aromatic amines is 1. The molecule has 2 aromatic carbocycles. The first-order valence-corrected chi connectivity index (χ1v) is 9.32. The quantitative estimate of drug-likeness (QED) is 0.456. The number of amides is 1. The zero-order chi connectivity index (χ0) is 19.8. The van der Waals surface area contributed by atoms with Crippen LogP contribution in [0.4, 0.5) is 11.4 Å². The highest BCUT2D eigenvalue weighted by Gasteiger charge is 2.21. The van der Waals surface area contributed by atoms with Crippen LogP contribution in [0.3, 0.4) is 0 Å². The Bertz CT molecular complexity index is 1170. The topological polar surface area (TPSA) is 134 Å². The highest BCUT2D eigenvalue weighted by atomic mass is 32.2. The third kappa shape index (κ3) is 3.60. The van der Waals surface area contributed by atoms with Gasteiger partial charge in [-0.1, -0.05) is 6.07 Å². The van der Waals surface area contributed by atoms with Gasteiger partial charge < -0.3 is 10.3 Å². The minimum atomic E-state index is -4.03. The van der Waals surface area contributed by atoms with Crippen molar-refractivity contribution >= 4 is 38.2 Å². The van der Waals surface area contributed by atoms with E-state index in [4.69, 9.17) is 0 Å². The number of H-pyrrole nitrogens is 1. The van der Waals surface area contributed by atoms with Crippen molar-refractivity contribution in [2.75, 3.05) is 11.8 Å². The number of carbonyl (C=O) groups excluding carboxylic acids is 1. The van der Waals surface area contributed by atoms with Crippen LogP contribution < -0.4 is 10.0 Å². The number of hydrogen-bond donors (Lipinski definition) is 3. The molecule has 0 aliphatic carbocycles. The summed E-state index contributed by atoms with van der Waals surface area (Å²) < 4.78 is 27.8. The highest BCUT2D eigenvalue weighted by Crippen LogP contribution is 2.26. The minimum absolute atomic E-state index is 0.170. The lowest BCUT2D eigenvalue weighted by atomic mass is 10.2. The molecule has 0 bridgehead atoms. The summed E-state index contributed by atoms with van der Waals surface area (Å²) in [6, 6.07) is 10.0. The molecule has 3 N–H and O–H groups in total. The molecule has 0 unspecified atom stereocenters. The van der Waals surface area contributed by atoms with Crippen LogP contribution in [0.15, 0.2) is 47.4 Å². The first-order valence-electron chi connectivity index (χ1n) is 7.84. The molecule has 140 valence electrons. The first-order chi connectivity index (χ1) is 12.7. The van der Waals surface area contributed by atoms with E-state index in [1.165, 1.54) is 25.2 Å². The van der Waals surface area contributed by atoms with Gasteiger partial charge in [-0.25, -0.2) is 8.42 Å². The maximum absolute atomic E-state index is 12.7. The number of sulfonamides is 1. The van der Waals surface area contributed by atoms with Crippen molar-refractivity contribution in [3.8, 4) is 0 Å². The number of aryl methyl sites for hydroxylation is 1. The van der Waals surface area contributed by atoms with Gasteiger partial charge >= 0.3 is 0 Å². The highest BCUT2D eigenvalue weighted by molar-refractivity contribution is 7.92. The molecule has 0 fully saturated rings. The van der Waals surface area contributed by atoms with Crippen molar-refractivity contribution in [1.29, 1.82) is 0 Å². The summed E-state index contributed by atoms with van der Waals surface area (Å²) in [4.78, 5) is 24.7. The van der Waals surface area contributed by atoms with Gasteiger partial charge in [0.15, 0.2) is 0 Å². The van der Waals surface area contributed by atoms with Crippen molar-refractivity contribution in [2.24, 2.45) is 0 Å². The van der Waals surface area contributed by atoms with Gasteiger partial charge in [0.1, 0.15) is 5.69 Å². The van der Waals surface area contributed by atoms with Gasteiger partial charge in [-0.05, 0) is 36.8 Å². The van der Waals surface area contributed by atoms with E-state index >= 15 is 0 Å². The van der Waals surface area contributed by atoms with Crippen LogP contribution in [0, 0.1) is 17.0 Å². The molecule has 1 amide bonds. The van der Waals surface area contributed by atoms with Gasteiger partial charge in [-0.3, -0.25) is 19.6 Å². The largest absolute Gasteiger partial charge is 0.354 e. The molecule has 9 nitrogen and oxygen atoms in total. The monoisotopic (exact) mass is 388 g/mol. The number of hydrogen-bond acceptors (Lipinski definition) is 5. The molecule has 0 aliphatic heterocycles. The number of aromatic nitrogens is 1. The number of nitrogens with zero attached hydrogens (tertiary/aromatic N) is 1. The van der Waals surface area contributed by atoms with Crippen LogP contribution in [0.1, 0.15) is 16.1 Å². The average molecular weight is 388 g/mol. The van der Waals surface area contributed by atoms with E-state index in [1.54, 1.807) is 25.1 Å². The van der Waals surface area contributed by atoms with Crippen LogP contribution in [0.2, 0.25) is 0 Å². The second-order valence-corrected chi connectivity index (χ2v) is 7.53. The Labute approximate surface area is 154 Å². The lowest BCUT2D eigenvalue weighted by Gasteiger charge is -2.10.